The van der Waals surface area contributed by atoms with Crippen molar-refractivity contribution >= 4 is 23.5 Å². The van der Waals surface area contributed by atoms with E-state index in [0.717, 1.165) is 0 Å². The highest BCUT2D eigenvalue weighted by molar-refractivity contribution is 5.99. The molecule has 9 nitrogen and oxygen atoms in total. The average molecular weight is 383 g/mol. The van der Waals surface area contributed by atoms with Crippen LogP contribution in [-0.2, 0) is 4.79 Å². The van der Waals surface area contributed by atoms with Crippen LogP contribution in [0.3, 0.4) is 0 Å². The van der Waals surface area contributed by atoms with Crippen LogP contribution >= 0.6 is 0 Å². The highest BCUT2D eigenvalue weighted by Gasteiger charge is 2.21. The summed E-state index contributed by atoms with van der Waals surface area (Å²) in [4.78, 5) is 23.7. The Morgan fingerprint density at radius 2 is 1.61 bits per heavy atom. The number of ether oxygens (including phenoxy) is 1. The average Bonchev–Trinajstić information content (AvgIpc) is 2.67. The van der Waals surface area contributed by atoms with Crippen molar-refractivity contribution in [1.29, 1.82) is 10.8 Å². The predicted octanol–water partition coefficient (Wildman–Crippen LogP) is 0.907. The number of nitrogens with two attached hydrogens (primary N) is 2. The number of carbonyl (C=O) groups excluding carboxylic acids is 1. The fourth-order valence-electron chi connectivity index (χ4n) is 2.35. The van der Waals surface area contributed by atoms with Gasteiger partial charge in [-0.05, 0) is 24.3 Å². The molecule has 0 heterocycles. The highest BCUT2D eigenvalue weighted by atomic mass is 16.5. The van der Waals surface area contributed by atoms with Crippen molar-refractivity contribution < 1.29 is 19.4 Å². The van der Waals surface area contributed by atoms with E-state index in [-0.39, 0.29) is 30.3 Å². The number of aliphatic carboxylic acids is 1. The highest BCUT2D eigenvalue weighted by Crippen LogP contribution is 2.13. The summed E-state index contributed by atoms with van der Waals surface area (Å²) in [6, 6.07) is 11.4. The Balaban J connectivity index is 1.95. The molecule has 8 N–H and O–H groups in total. The number of hydrogen-bond donors (Lipinski definition) is 6. The topological polar surface area (TPSA) is 175 Å². The van der Waals surface area contributed by atoms with Crippen LogP contribution in [0.5, 0.6) is 5.75 Å². The summed E-state index contributed by atoms with van der Waals surface area (Å²) in [7, 11) is 0. The van der Waals surface area contributed by atoms with Gasteiger partial charge in [0.1, 0.15) is 23.5 Å². The van der Waals surface area contributed by atoms with E-state index >= 15 is 0 Å². The second kappa shape index (κ2) is 9.17. The summed E-state index contributed by atoms with van der Waals surface area (Å²) < 4.78 is 5.50. The molecule has 0 spiro atoms. The molecule has 2 aromatic carbocycles. The van der Waals surface area contributed by atoms with Gasteiger partial charge in [-0.3, -0.25) is 15.6 Å². The second-order valence-corrected chi connectivity index (χ2v) is 5.93. The summed E-state index contributed by atoms with van der Waals surface area (Å²) in [5.74, 6) is -1.52. The Labute approximate surface area is 161 Å². The van der Waals surface area contributed by atoms with Gasteiger partial charge in [-0.25, -0.2) is 4.79 Å². The zero-order valence-electron chi connectivity index (χ0n) is 14.9. The molecule has 2 rings (SSSR count). The Bertz CT molecular complexity index is 895. The lowest BCUT2D eigenvalue weighted by molar-refractivity contribution is -0.139. The first-order valence-electron chi connectivity index (χ1n) is 8.33. The van der Waals surface area contributed by atoms with Crippen LogP contribution in [0.15, 0.2) is 48.5 Å². The van der Waals surface area contributed by atoms with E-state index in [2.05, 4.69) is 5.32 Å². The van der Waals surface area contributed by atoms with E-state index in [1.54, 1.807) is 24.3 Å². The number of rotatable bonds is 9. The van der Waals surface area contributed by atoms with Crippen LogP contribution in [0.2, 0.25) is 0 Å². The number of carbonyl (C=O) groups is 2. The smallest absolute Gasteiger partial charge is 0.326 e. The first-order chi connectivity index (χ1) is 13.3. The minimum absolute atomic E-state index is 0.0386. The monoisotopic (exact) mass is 383 g/mol. The normalized spacial score (nSPS) is 11.3. The minimum Gasteiger partial charge on any atom is -0.493 e. The Hall–Kier alpha value is -3.88. The van der Waals surface area contributed by atoms with Gasteiger partial charge in [-0.2, -0.15) is 0 Å². The lowest BCUT2D eigenvalue weighted by atomic mass is 10.1. The molecule has 0 radical (unpaired) electrons. The number of carboxylic acid groups (broad SMARTS) is 1. The second-order valence-electron chi connectivity index (χ2n) is 5.93. The lowest BCUT2D eigenvalue weighted by Crippen LogP contribution is -2.41. The molecule has 0 aromatic heterocycles. The van der Waals surface area contributed by atoms with E-state index in [0.29, 0.717) is 16.9 Å². The maximum Gasteiger partial charge on any atom is 0.326 e. The maximum absolute atomic E-state index is 12.3. The molecule has 28 heavy (non-hydrogen) atoms. The molecule has 146 valence electrons. The van der Waals surface area contributed by atoms with Gasteiger partial charge in [0.05, 0.1) is 6.61 Å². The Morgan fingerprint density at radius 1 is 1.00 bits per heavy atom. The van der Waals surface area contributed by atoms with Gasteiger partial charge in [0, 0.05) is 23.1 Å². The van der Waals surface area contributed by atoms with Gasteiger partial charge in [0.2, 0.25) is 0 Å². The van der Waals surface area contributed by atoms with Gasteiger partial charge in [0.15, 0.2) is 0 Å². The number of carboxylic acids is 1. The predicted molar refractivity (Wildman–Crippen MR) is 104 cm³/mol. The van der Waals surface area contributed by atoms with E-state index in [1.807, 2.05) is 0 Å². The fraction of sp³-hybridized carbons (Fsp3) is 0.158. The molecule has 0 saturated heterocycles. The molecule has 2 aromatic rings. The number of amides is 1. The first kappa shape index (κ1) is 20.4. The fourth-order valence-corrected chi connectivity index (χ4v) is 2.35. The molecule has 0 aliphatic rings. The summed E-state index contributed by atoms with van der Waals surface area (Å²) in [6.45, 7) is 0.0435. The van der Waals surface area contributed by atoms with Gasteiger partial charge >= 0.3 is 5.97 Å². The SMILES string of the molecule is N=C(N)c1ccc(C(=O)NC(CCOc2cccc(C(=N)N)c2)C(=O)O)cc1. The van der Waals surface area contributed by atoms with E-state index in [4.69, 9.17) is 27.0 Å². The molecule has 1 atom stereocenters. The van der Waals surface area contributed by atoms with E-state index in [1.165, 1.54) is 24.3 Å². The van der Waals surface area contributed by atoms with Crippen LogP contribution in [0.25, 0.3) is 0 Å². The van der Waals surface area contributed by atoms with Crippen molar-refractivity contribution in [2.24, 2.45) is 11.5 Å². The minimum atomic E-state index is -1.19. The van der Waals surface area contributed by atoms with Crippen LogP contribution in [0, 0.1) is 10.8 Å². The molecule has 1 amide bonds. The van der Waals surface area contributed by atoms with E-state index in [9.17, 15) is 14.7 Å². The van der Waals surface area contributed by atoms with Crippen molar-refractivity contribution in [3.63, 3.8) is 0 Å². The molecule has 0 aliphatic carbocycles. The molecule has 9 heteroatoms. The van der Waals surface area contributed by atoms with Gasteiger partial charge in [0.25, 0.3) is 5.91 Å². The van der Waals surface area contributed by atoms with Crippen molar-refractivity contribution in [3.05, 3.63) is 65.2 Å². The third kappa shape index (κ3) is 5.56. The zero-order valence-corrected chi connectivity index (χ0v) is 14.9. The molecule has 0 bridgehead atoms. The molecular weight excluding hydrogens is 362 g/mol. The number of hydrogen-bond acceptors (Lipinski definition) is 5. The number of nitrogen functional groups attached to an aromatic ring is 2. The van der Waals surface area contributed by atoms with E-state index < -0.39 is 17.9 Å². The van der Waals surface area contributed by atoms with Crippen molar-refractivity contribution in [2.45, 2.75) is 12.5 Å². The van der Waals surface area contributed by atoms with Crippen LogP contribution < -0.4 is 21.5 Å². The number of benzene rings is 2. The molecule has 1 unspecified atom stereocenters. The number of nitrogens with one attached hydrogen (secondary N) is 3. The van der Waals surface area contributed by atoms with Crippen molar-refractivity contribution in [1.82, 2.24) is 5.32 Å². The quantitative estimate of drug-likeness (QED) is 0.277. The number of amidine groups is 2. The summed E-state index contributed by atoms with van der Waals surface area (Å²) in [5.41, 5.74) is 12.0. The Kier molecular flexibility index (Phi) is 6.69. The summed E-state index contributed by atoms with van der Waals surface area (Å²) in [6.07, 6.45) is 0.0386. The first-order valence-corrected chi connectivity index (χ1v) is 8.33. The van der Waals surface area contributed by atoms with Crippen molar-refractivity contribution in [2.75, 3.05) is 6.61 Å². The zero-order chi connectivity index (χ0) is 20.7. The largest absolute Gasteiger partial charge is 0.493 e. The maximum atomic E-state index is 12.3. The van der Waals surface area contributed by atoms with Gasteiger partial charge < -0.3 is 26.6 Å². The van der Waals surface area contributed by atoms with Crippen LogP contribution in [0.4, 0.5) is 0 Å². The molecule has 0 saturated carbocycles. The molecule has 0 aliphatic heterocycles. The molecular formula is C19H21N5O4. The molecule has 0 fully saturated rings. The third-order valence-electron chi connectivity index (χ3n) is 3.88. The van der Waals surface area contributed by atoms with Gasteiger partial charge in [-0.15, -0.1) is 0 Å². The lowest BCUT2D eigenvalue weighted by Gasteiger charge is -2.15. The van der Waals surface area contributed by atoms with Crippen molar-refractivity contribution in [3.8, 4) is 5.75 Å². The third-order valence-corrected chi connectivity index (χ3v) is 3.88. The van der Waals surface area contributed by atoms with Gasteiger partial charge in [-0.1, -0.05) is 24.3 Å². The summed E-state index contributed by atoms with van der Waals surface area (Å²) in [5, 5.41) is 26.5. The Morgan fingerprint density at radius 3 is 2.18 bits per heavy atom. The standard InChI is InChI=1S/C19H21N5O4/c20-16(21)11-4-6-12(7-5-11)18(25)24-15(19(26)27)8-9-28-14-3-1-2-13(10-14)17(22)23/h1-7,10,15H,8-9H2,(H3,20,21)(H3,22,23)(H,24,25)(H,26,27). The van der Waals surface area contributed by atoms with Crippen LogP contribution in [-0.4, -0.2) is 41.3 Å². The van der Waals surface area contributed by atoms with Crippen LogP contribution in [0.1, 0.15) is 27.9 Å². The summed E-state index contributed by atoms with van der Waals surface area (Å²) >= 11 is 0.